The highest BCUT2D eigenvalue weighted by Crippen LogP contribution is 2.21. The fourth-order valence-electron chi connectivity index (χ4n) is 3.76. The summed E-state index contributed by atoms with van der Waals surface area (Å²) in [6.07, 6.45) is 5.05. The van der Waals surface area contributed by atoms with E-state index in [-0.39, 0.29) is 18.4 Å². The Balaban J connectivity index is 1.55. The zero-order chi connectivity index (χ0) is 21.8. The molecule has 1 atom stereocenters. The van der Waals surface area contributed by atoms with Crippen LogP contribution in [0.1, 0.15) is 35.2 Å². The molecule has 4 aromatic rings. The molecular formula is C23H26N6OS. The second-order valence-electron chi connectivity index (χ2n) is 7.46. The number of carbonyl (C=O) groups excluding carboxylic acids is 1. The van der Waals surface area contributed by atoms with Gasteiger partial charge in [0.05, 0.1) is 23.8 Å². The van der Waals surface area contributed by atoms with E-state index < -0.39 is 0 Å². The quantitative estimate of drug-likeness (QED) is 0.458. The molecule has 0 spiro atoms. The number of nitrogens with zero attached hydrogens (tertiary/aromatic N) is 5. The van der Waals surface area contributed by atoms with Crippen LogP contribution < -0.4 is 5.32 Å². The minimum Gasteiger partial charge on any atom is -0.346 e. The molecule has 0 aliphatic carbocycles. The Morgan fingerprint density at radius 2 is 1.87 bits per heavy atom. The van der Waals surface area contributed by atoms with Crippen LogP contribution >= 0.6 is 11.8 Å². The molecule has 160 valence electrons. The van der Waals surface area contributed by atoms with E-state index in [1.807, 2.05) is 77.7 Å². The highest BCUT2D eigenvalue weighted by atomic mass is 32.2. The molecular weight excluding hydrogens is 408 g/mol. The monoisotopic (exact) mass is 434 g/mol. The molecule has 3 heterocycles. The molecule has 0 radical (unpaired) electrons. The molecule has 7 nitrogen and oxygen atoms in total. The highest BCUT2D eigenvalue weighted by Gasteiger charge is 2.22. The molecule has 3 aromatic heterocycles. The number of aryl methyl sites for hydroxylation is 1. The van der Waals surface area contributed by atoms with Crippen molar-refractivity contribution in [1.82, 2.24) is 29.7 Å². The van der Waals surface area contributed by atoms with Crippen molar-refractivity contribution in [3.8, 4) is 5.69 Å². The first-order valence-electron chi connectivity index (χ1n) is 10.3. The Kier molecular flexibility index (Phi) is 6.36. The molecule has 1 N–H and O–H groups in total. The van der Waals surface area contributed by atoms with E-state index in [0.717, 1.165) is 46.3 Å². The number of amides is 1. The summed E-state index contributed by atoms with van der Waals surface area (Å²) < 4.78 is 3.84. The first-order chi connectivity index (χ1) is 15.1. The van der Waals surface area contributed by atoms with Gasteiger partial charge in [-0.05, 0) is 56.5 Å². The lowest BCUT2D eigenvalue weighted by atomic mass is 10.1. The molecule has 8 heteroatoms. The van der Waals surface area contributed by atoms with Gasteiger partial charge in [0.2, 0.25) is 5.91 Å². The molecule has 0 fully saturated rings. The van der Waals surface area contributed by atoms with Gasteiger partial charge in [-0.3, -0.25) is 9.20 Å². The second-order valence-corrected chi connectivity index (χ2v) is 8.45. The number of nitrogens with one attached hydrogen (secondary N) is 1. The predicted octanol–water partition coefficient (Wildman–Crippen LogP) is 3.68. The van der Waals surface area contributed by atoms with Gasteiger partial charge in [0, 0.05) is 17.5 Å². The van der Waals surface area contributed by atoms with Crippen LogP contribution in [-0.2, 0) is 11.2 Å². The average molecular weight is 435 g/mol. The lowest BCUT2D eigenvalue weighted by Crippen LogP contribution is -2.31. The van der Waals surface area contributed by atoms with Gasteiger partial charge >= 0.3 is 0 Å². The lowest BCUT2D eigenvalue weighted by molar-refractivity contribution is -0.121. The molecule has 0 saturated carbocycles. The third kappa shape index (κ3) is 4.49. The van der Waals surface area contributed by atoms with Crippen molar-refractivity contribution in [3.63, 3.8) is 0 Å². The Morgan fingerprint density at radius 1 is 1.10 bits per heavy atom. The Morgan fingerprint density at radius 3 is 2.65 bits per heavy atom. The topological polar surface area (TPSA) is 77.1 Å². The van der Waals surface area contributed by atoms with Crippen molar-refractivity contribution < 1.29 is 4.79 Å². The van der Waals surface area contributed by atoms with Crippen molar-refractivity contribution in [2.75, 3.05) is 12.0 Å². The number of pyridine rings is 1. The van der Waals surface area contributed by atoms with Gasteiger partial charge in [0.1, 0.15) is 0 Å². The highest BCUT2D eigenvalue weighted by molar-refractivity contribution is 7.98. The van der Waals surface area contributed by atoms with E-state index in [1.165, 1.54) is 0 Å². The van der Waals surface area contributed by atoms with E-state index in [0.29, 0.717) is 0 Å². The Bertz CT molecular complexity index is 1180. The van der Waals surface area contributed by atoms with Crippen LogP contribution in [0.3, 0.4) is 0 Å². The summed E-state index contributed by atoms with van der Waals surface area (Å²) in [7, 11) is 0. The molecule has 4 rings (SSSR count). The van der Waals surface area contributed by atoms with E-state index in [2.05, 4.69) is 26.9 Å². The maximum Gasteiger partial charge on any atom is 0.225 e. The minimum atomic E-state index is -0.206. The van der Waals surface area contributed by atoms with E-state index in [4.69, 9.17) is 0 Å². The van der Waals surface area contributed by atoms with Gasteiger partial charge in [-0.1, -0.05) is 24.3 Å². The largest absolute Gasteiger partial charge is 0.346 e. The molecule has 1 amide bonds. The van der Waals surface area contributed by atoms with Crippen molar-refractivity contribution in [2.24, 2.45) is 0 Å². The normalized spacial score (nSPS) is 12.2. The van der Waals surface area contributed by atoms with Gasteiger partial charge in [0.15, 0.2) is 11.5 Å². The van der Waals surface area contributed by atoms with E-state index in [1.54, 1.807) is 11.8 Å². The molecule has 1 aromatic carbocycles. The van der Waals surface area contributed by atoms with Crippen LogP contribution in [0.4, 0.5) is 0 Å². The number of rotatable bonds is 8. The van der Waals surface area contributed by atoms with Crippen LogP contribution in [-0.4, -0.2) is 42.3 Å². The Hall–Kier alpha value is -3.13. The van der Waals surface area contributed by atoms with Gasteiger partial charge in [-0.15, -0.1) is 10.2 Å². The summed E-state index contributed by atoms with van der Waals surface area (Å²) in [5, 5.41) is 16.5. The standard InChI is InChI=1S/C23H26N6OS/c1-16-19(17(2)29(27-16)18-9-5-4-6-10-18)15-22(30)24-20(12-14-31-3)23-26-25-21-11-7-8-13-28(21)23/h4-11,13,20H,12,14-15H2,1-3H3,(H,24,30)/t20-/m1/s1. The number of fused-ring (bicyclic) bond motifs is 1. The van der Waals surface area contributed by atoms with Crippen molar-refractivity contribution in [1.29, 1.82) is 0 Å². The van der Waals surface area contributed by atoms with Gasteiger partial charge < -0.3 is 5.32 Å². The number of para-hydroxylation sites is 1. The fourth-order valence-corrected chi connectivity index (χ4v) is 4.23. The number of aromatic nitrogens is 5. The van der Waals surface area contributed by atoms with Crippen LogP contribution in [0.15, 0.2) is 54.7 Å². The molecule has 0 saturated heterocycles. The Labute approximate surface area is 185 Å². The van der Waals surface area contributed by atoms with Gasteiger partial charge in [0.25, 0.3) is 0 Å². The fraction of sp³-hybridized carbons (Fsp3) is 0.304. The summed E-state index contributed by atoms with van der Waals surface area (Å²) in [5.74, 6) is 1.63. The third-order valence-electron chi connectivity index (χ3n) is 5.38. The predicted molar refractivity (Wildman–Crippen MR) is 124 cm³/mol. The zero-order valence-corrected chi connectivity index (χ0v) is 18.8. The lowest BCUT2D eigenvalue weighted by Gasteiger charge is -2.17. The first kappa shape index (κ1) is 21.1. The number of benzene rings is 1. The second kappa shape index (κ2) is 9.34. The van der Waals surface area contributed by atoms with Crippen LogP contribution in [0.5, 0.6) is 0 Å². The number of thioether (sulfide) groups is 1. The van der Waals surface area contributed by atoms with E-state index >= 15 is 0 Å². The number of carbonyl (C=O) groups is 1. The minimum absolute atomic E-state index is 0.0439. The molecule has 0 bridgehead atoms. The average Bonchev–Trinajstić information content (AvgIpc) is 3.34. The summed E-state index contributed by atoms with van der Waals surface area (Å²) in [5.41, 5.74) is 4.56. The van der Waals surface area contributed by atoms with Crippen LogP contribution in [0.2, 0.25) is 0 Å². The number of hydrogen-bond acceptors (Lipinski definition) is 5. The van der Waals surface area contributed by atoms with Crippen LogP contribution in [0, 0.1) is 13.8 Å². The van der Waals surface area contributed by atoms with Crippen molar-refractivity contribution >= 4 is 23.3 Å². The van der Waals surface area contributed by atoms with E-state index in [9.17, 15) is 4.79 Å². The zero-order valence-electron chi connectivity index (χ0n) is 17.9. The maximum atomic E-state index is 13.1. The molecule has 31 heavy (non-hydrogen) atoms. The summed E-state index contributed by atoms with van der Waals surface area (Å²) in [6, 6.07) is 15.5. The van der Waals surface area contributed by atoms with Crippen molar-refractivity contribution in [3.05, 3.63) is 77.5 Å². The SMILES string of the molecule is CSCC[C@@H](NC(=O)Cc1c(C)nn(-c2ccccc2)c1C)c1nnc2ccccn12. The van der Waals surface area contributed by atoms with Crippen molar-refractivity contribution in [2.45, 2.75) is 32.7 Å². The van der Waals surface area contributed by atoms with Crippen LogP contribution in [0.25, 0.3) is 11.3 Å². The molecule has 0 aliphatic rings. The van der Waals surface area contributed by atoms with Gasteiger partial charge in [-0.25, -0.2) is 4.68 Å². The van der Waals surface area contributed by atoms with Gasteiger partial charge in [-0.2, -0.15) is 16.9 Å². The smallest absolute Gasteiger partial charge is 0.225 e. The molecule has 0 unspecified atom stereocenters. The molecule has 0 aliphatic heterocycles. The summed E-state index contributed by atoms with van der Waals surface area (Å²) in [4.78, 5) is 13.1. The summed E-state index contributed by atoms with van der Waals surface area (Å²) in [6.45, 7) is 3.96. The third-order valence-corrected chi connectivity index (χ3v) is 6.02. The summed E-state index contributed by atoms with van der Waals surface area (Å²) >= 11 is 1.75. The number of hydrogen-bond donors (Lipinski definition) is 1. The first-order valence-corrected chi connectivity index (χ1v) is 11.7. The maximum absolute atomic E-state index is 13.1.